The van der Waals surface area contributed by atoms with Gasteiger partial charge in [0.05, 0.1) is 0 Å². The molecule has 0 spiro atoms. The Hall–Kier alpha value is -1.24. The van der Waals surface area contributed by atoms with Gasteiger partial charge in [-0.3, -0.25) is 9.69 Å². The average molecular weight is 348 g/mol. The second-order valence-corrected chi connectivity index (χ2v) is 5.74. The van der Waals surface area contributed by atoms with Crippen LogP contribution in [-0.4, -0.2) is 36.5 Å². The number of rotatable bonds is 6. The van der Waals surface area contributed by atoms with Gasteiger partial charge in [0, 0.05) is 38.2 Å². The van der Waals surface area contributed by atoms with E-state index < -0.39 is 11.6 Å². The van der Waals surface area contributed by atoms with E-state index in [0.29, 0.717) is 31.6 Å². The lowest BCUT2D eigenvalue weighted by molar-refractivity contribution is -0.121. The molecule has 1 unspecified atom stereocenters. The van der Waals surface area contributed by atoms with Gasteiger partial charge in [-0.15, -0.1) is 12.4 Å². The highest BCUT2D eigenvalue weighted by molar-refractivity contribution is 5.85. The van der Waals surface area contributed by atoms with Crippen LogP contribution in [0.15, 0.2) is 18.2 Å². The first-order valence-electron chi connectivity index (χ1n) is 7.74. The number of halogens is 3. The fourth-order valence-corrected chi connectivity index (χ4v) is 2.89. The Kier molecular flexibility index (Phi) is 8.44. The highest BCUT2D eigenvalue weighted by Crippen LogP contribution is 2.20. The molecular weight excluding hydrogens is 324 g/mol. The molecule has 1 aliphatic rings. The molecule has 1 fully saturated rings. The van der Waals surface area contributed by atoms with Crippen molar-refractivity contribution < 1.29 is 13.6 Å². The van der Waals surface area contributed by atoms with Crippen molar-refractivity contribution in [3.8, 4) is 0 Å². The van der Waals surface area contributed by atoms with Crippen LogP contribution >= 0.6 is 12.4 Å². The molecule has 0 radical (unpaired) electrons. The van der Waals surface area contributed by atoms with Crippen LogP contribution in [0, 0.1) is 11.6 Å². The summed E-state index contributed by atoms with van der Waals surface area (Å²) in [5.74, 6) is -1.16. The normalized spacial score (nSPS) is 18.3. The van der Waals surface area contributed by atoms with E-state index in [1.165, 1.54) is 12.1 Å². The number of amides is 1. The lowest BCUT2D eigenvalue weighted by atomic mass is 10.0. The van der Waals surface area contributed by atoms with Gasteiger partial charge in [-0.1, -0.05) is 6.42 Å². The molecule has 23 heavy (non-hydrogen) atoms. The monoisotopic (exact) mass is 347 g/mol. The molecule has 130 valence electrons. The van der Waals surface area contributed by atoms with E-state index in [1.54, 1.807) is 0 Å². The van der Waals surface area contributed by atoms with E-state index in [-0.39, 0.29) is 24.4 Å². The minimum absolute atomic E-state index is 0. The van der Waals surface area contributed by atoms with Gasteiger partial charge >= 0.3 is 0 Å². The smallest absolute Gasteiger partial charge is 0.221 e. The first kappa shape index (κ1) is 19.8. The van der Waals surface area contributed by atoms with E-state index in [9.17, 15) is 13.6 Å². The van der Waals surface area contributed by atoms with Gasteiger partial charge in [-0.2, -0.15) is 0 Å². The molecule has 1 aromatic carbocycles. The molecule has 1 aromatic rings. The second kappa shape index (κ2) is 9.80. The summed E-state index contributed by atoms with van der Waals surface area (Å²) in [7, 11) is 0. The van der Waals surface area contributed by atoms with Crippen molar-refractivity contribution >= 4 is 18.3 Å². The summed E-state index contributed by atoms with van der Waals surface area (Å²) in [4.78, 5) is 13.7. The molecule has 1 amide bonds. The van der Waals surface area contributed by atoms with Crippen LogP contribution in [0.5, 0.6) is 0 Å². The van der Waals surface area contributed by atoms with Crippen molar-refractivity contribution in [2.75, 3.05) is 19.6 Å². The number of benzene rings is 1. The van der Waals surface area contributed by atoms with E-state index >= 15 is 0 Å². The second-order valence-electron chi connectivity index (χ2n) is 5.74. The van der Waals surface area contributed by atoms with E-state index in [2.05, 4.69) is 10.2 Å². The minimum Gasteiger partial charge on any atom is -0.354 e. The van der Waals surface area contributed by atoms with Crippen LogP contribution < -0.4 is 11.1 Å². The fraction of sp³-hybridized carbons (Fsp3) is 0.562. The van der Waals surface area contributed by atoms with E-state index in [4.69, 9.17) is 5.73 Å². The number of nitrogens with two attached hydrogens (primary N) is 1. The summed E-state index contributed by atoms with van der Waals surface area (Å²) >= 11 is 0. The van der Waals surface area contributed by atoms with Crippen LogP contribution in [0.3, 0.4) is 0 Å². The molecule has 1 heterocycles. The number of likely N-dealkylation sites (tertiary alicyclic amines) is 1. The third-order valence-electron chi connectivity index (χ3n) is 3.96. The Morgan fingerprint density at radius 1 is 1.26 bits per heavy atom. The third-order valence-corrected chi connectivity index (χ3v) is 3.96. The van der Waals surface area contributed by atoms with Crippen molar-refractivity contribution in [1.82, 2.24) is 10.2 Å². The maximum Gasteiger partial charge on any atom is 0.221 e. The van der Waals surface area contributed by atoms with Crippen LogP contribution in [0.1, 0.15) is 31.2 Å². The van der Waals surface area contributed by atoms with Crippen molar-refractivity contribution in [2.45, 2.75) is 38.3 Å². The van der Waals surface area contributed by atoms with Gasteiger partial charge in [0.2, 0.25) is 5.91 Å². The predicted molar refractivity (Wildman–Crippen MR) is 88.3 cm³/mol. The zero-order valence-corrected chi connectivity index (χ0v) is 13.9. The average Bonchev–Trinajstić information content (AvgIpc) is 2.45. The Morgan fingerprint density at radius 3 is 2.61 bits per heavy atom. The first-order valence-corrected chi connectivity index (χ1v) is 7.74. The number of nitrogens with zero attached hydrogens (tertiary/aromatic N) is 1. The van der Waals surface area contributed by atoms with Crippen LogP contribution in [0.2, 0.25) is 0 Å². The standard InChI is InChI=1S/C16H23F2N3O.ClH/c17-13-7-12(8-14(18)9-13)11-21-6-2-1-3-15(21)10-20-16(22)4-5-19;/h7-9,15H,1-6,10-11,19H2,(H,20,22);1H. The summed E-state index contributed by atoms with van der Waals surface area (Å²) in [6, 6.07) is 3.80. The van der Waals surface area contributed by atoms with Gasteiger partial charge < -0.3 is 11.1 Å². The van der Waals surface area contributed by atoms with Gasteiger partial charge in [0.15, 0.2) is 0 Å². The Bertz CT molecular complexity index is 496. The van der Waals surface area contributed by atoms with Gasteiger partial charge in [-0.25, -0.2) is 8.78 Å². The maximum atomic E-state index is 13.3. The highest BCUT2D eigenvalue weighted by Gasteiger charge is 2.23. The molecule has 1 aliphatic heterocycles. The molecular formula is C16H24ClF2N3O. The highest BCUT2D eigenvalue weighted by atomic mass is 35.5. The zero-order valence-electron chi connectivity index (χ0n) is 13.1. The lowest BCUT2D eigenvalue weighted by Crippen LogP contribution is -2.46. The van der Waals surface area contributed by atoms with Crippen molar-refractivity contribution in [1.29, 1.82) is 0 Å². The largest absolute Gasteiger partial charge is 0.354 e. The summed E-state index contributed by atoms with van der Waals surface area (Å²) < 4.78 is 26.6. The van der Waals surface area contributed by atoms with Crippen LogP contribution in [0.4, 0.5) is 8.78 Å². The number of carbonyl (C=O) groups excluding carboxylic acids is 1. The molecule has 1 atom stereocenters. The Labute approximate surface area is 141 Å². The summed E-state index contributed by atoms with van der Waals surface area (Å²) in [5.41, 5.74) is 5.98. The fourth-order valence-electron chi connectivity index (χ4n) is 2.89. The van der Waals surface area contributed by atoms with E-state index in [0.717, 1.165) is 31.9 Å². The van der Waals surface area contributed by atoms with Gasteiger partial charge in [0.1, 0.15) is 11.6 Å². The van der Waals surface area contributed by atoms with Crippen molar-refractivity contribution in [3.05, 3.63) is 35.4 Å². The molecule has 3 N–H and O–H groups in total. The molecule has 0 aliphatic carbocycles. The molecule has 0 saturated carbocycles. The summed E-state index contributed by atoms with van der Waals surface area (Å²) in [5, 5.41) is 2.88. The minimum atomic E-state index is -0.556. The van der Waals surface area contributed by atoms with Crippen LogP contribution in [-0.2, 0) is 11.3 Å². The molecule has 7 heteroatoms. The van der Waals surface area contributed by atoms with Gasteiger partial charge in [-0.05, 0) is 37.1 Å². The molecule has 0 bridgehead atoms. The third kappa shape index (κ3) is 6.41. The summed E-state index contributed by atoms with van der Waals surface area (Å²) in [6.45, 7) is 2.25. The molecule has 0 aromatic heterocycles. The van der Waals surface area contributed by atoms with Crippen molar-refractivity contribution in [2.24, 2.45) is 5.73 Å². The number of hydrogen-bond donors (Lipinski definition) is 2. The zero-order chi connectivity index (χ0) is 15.9. The van der Waals surface area contributed by atoms with Gasteiger partial charge in [0.25, 0.3) is 0 Å². The SMILES string of the molecule is Cl.NCCC(=O)NCC1CCCCN1Cc1cc(F)cc(F)c1. The summed E-state index contributed by atoms with van der Waals surface area (Å²) in [6.07, 6.45) is 3.46. The topological polar surface area (TPSA) is 58.4 Å². The molecule has 2 rings (SSSR count). The predicted octanol–water partition coefficient (Wildman–Crippen LogP) is 2.21. The lowest BCUT2D eigenvalue weighted by Gasteiger charge is -2.36. The number of hydrogen-bond acceptors (Lipinski definition) is 3. The molecule has 1 saturated heterocycles. The molecule has 4 nitrogen and oxygen atoms in total. The first-order chi connectivity index (χ1) is 10.6. The van der Waals surface area contributed by atoms with Crippen LogP contribution in [0.25, 0.3) is 0 Å². The van der Waals surface area contributed by atoms with E-state index in [1.807, 2.05) is 0 Å². The maximum absolute atomic E-state index is 13.3. The Morgan fingerprint density at radius 2 is 1.96 bits per heavy atom. The Balaban J connectivity index is 0.00000264. The van der Waals surface area contributed by atoms with Crippen molar-refractivity contribution in [3.63, 3.8) is 0 Å². The number of piperidine rings is 1. The quantitative estimate of drug-likeness (QED) is 0.829. The number of nitrogens with one attached hydrogen (secondary N) is 1. The number of carbonyl (C=O) groups is 1.